The van der Waals surface area contributed by atoms with E-state index in [1.807, 2.05) is 0 Å². The minimum Gasteiger partial charge on any atom is -0.265 e. The van der Waals surface area contributed by atoms with Crippen molar-refractivity contribution in [3.63, 3.8) is 0 Å². The Labute approximate surface area is 94.7 Å². The van der Waals surface area contributed by atoms with Gasteiger partial charge in [0.25, 0.3) is 0 Å². The molecule has 0 bridgehead atoms. The van der Waals surface area contributed by atoms with Crippen LogP contribution in [0, 0.1) is 6.07 Å². The van der Waals surface area contributed by atoms with Gasteiger partial charge in [-0.1, -0.05) is 12.1 Å². The molecule has 81 valence electrons. The van der Waals surface area contributed by atoms with Crippen molar-refractivity contribution >= 4 is 9.84 Å². The summed E-state index contributed by atoms with van der Waals surface area (Å²) in [5.41, 5.74) is 1.39. The predicted octanol–water partition coefficient (Wildman–Crippen LogP) is 1.95. The van der Waals surface area contributed by atoms with Gasteiger partial charge < -0.3 is 0 Å². The highest BCUT2D eigenvalue weighted by Crippen LogP contribution is 2.25. The highest BCUT2D eigenvalue weighted by Gasteiger charge is 2.13. The summed E-state index contributed by atoms with van der Waals surface area (Å²) in [6.45, 7) is 0. The van der Waals surface area contributed by atoms with Crippen molar-refractivity contribution in [2.45, 2.75) is 4.90 Å². The minimum absolute atomic E-state index is 0.293. The average Bonchev–Trinajstić information content (AvgIpc) is 2.29. The van der Waals surface area contributed by atoms with Crippen LogP contribution in [0.5, 0.6) is 0 Å². The molecule has 1 aromatic carbocycles. The van der Waals surface area contributed by atoms with Gasteiger partial charge in [-0.15, -0.1) is 0 Å². The Hall–Kier alpha value is -1.68. The van der Waals surface area contributed by atoms with Gasteiger partial charge in [-0.25, -0.2) is 8.42 Å². The first kappa shape index (κ1) is 10.8. The van der Waals surface area contributed by atoms with Crippen LogP contribution in [0.15, 0.2) is 47.6 Å². The van der Waals surface area contributed by atoms with Crippen LogP contribution in [0.4, 0.5) is 0 Å². The maximum atomic E-state index is 11.6. The van der Waals surface area contributed by atoms with Gasteiger partial charge in [0, 0.05) is 24.2 Å². The van der Waals surface area contributed by atoms with E-state index in [0.29, 0.717) is 10.5 Å². The lowest BCUT2D eigenvalue weighted by atomic mass is 10.1. The Bertz CT molecular complexity index is 591. The second-order valence-electron chi connectivity index (χ2n) is 3.42. The summed E-state index contributed by atoms with van der Waals surface area (Å²) in [6.07, 6.45) is 4.45. The Morgan fingerprint density at radius 1 is 1.19 bits per heavy atom. The molecule has 0 saturated heterocycles. The fourth-order valence-electron chi connectivity index (χ4n) is 1.47. The van der Waals surface area contributed by atoms with E-state index >= 15 is 0 Å². The van der Waals surface area contributed by atoms with Gasteiger partial charge in [0.05, 0.1) is 4.90 Å². The average molecular weight is 232 g/mol. The lowest BCUT2D eigenvalue weighted by Gasteiger charge is -2.06. The number of hydrogen-bond acceptors (Lipinski definition) is 3. The molecule has 1 heterocycles. The van der Waals surface area contributed by atoms with E-state index in [1.165, 1.54) is 6.26 Å². The second-order valence-corrected chi connectivity index (χ2v) is 5.40. The number of rotatable bonds is 2. The monoisotopic (exact) mass is 232 g/mol. The number of pyridine rings is 1. The van der Waals surface area contributed by atoms with Gasteiger partial charge in [-0.05, 0) is 29.8 Å². The zero-order valence-corrected chi connectivity index (χ0v) is 9.53. The zero-order chi connectivity index (χ0) is 11.6. The van der Waals surface area contributed by atoms with Gasteiger partial charge in [0.15, 0.2) is 9.84 Å². The highest BCUT2D eigenvalue weighted by molar-refractivity contribution is 7.90. The minimum atomic E-state index is -3.23. The second kappa shape index (κ2) is 4.06. The first-order valence-electron chi connectivity index (χ1n) is 4.70. The zero-order valence-electron chi connectivity index (χ0n) is 8.71. The van der Waals surface area contributed by atoms with Crippen LogP contribution in [0.3, 0.4) is 0 Å². The first-order valence-corrected chi connectivity index (χ1v) is 6.59. The number of benzene rings is 1. The van der Waals surface area contributed by atoms with Crippen molar-refractivity contribution in [3.8, 4) is 11.1 Å². The third-order valence-corrected chi connectivity index (χ3v) is 3.33. The molecule has 1 radical (unpaired) electrons. The topological polar surface area (TPSA) is 47.0 Å². The molecule has 0 saturated carbocycles. The fraction of sp³-hybridized carbons (Fsp3) is 0.0833. The van der Waals surface area contributed by atoms with Crippen LogP contribution in [-0.4, -0.2) is 19.7 Å². The maximum Gasteiger partial charge on any atom is 0.176 e. The summed E-state index contributed by atoms with van der Waals surface area (Å²) in [6, 6.07) is 11.4. The Morgan fingerprint density at radius 3 is 2.50 bits per heavy atom. The van der Waals surface area contributed by atoms with Gasteiger partial charge in [0.2, 0.25) is 0 Å². The van der Waals surface area contributed by atoms with E-state index in [-0.39, 0.29) is 0 Å². The summed E-state index contributed by atoms with van der Waals surface area (Å²) in [7, 11) is -3.23. The van der Waals surface area contributed by atoms with Crippen LogP contribution in [0.25, 0.3) is 11.1 Å². The summed E-state index contributed by atoms with van der Waals surface area (Å²) >= 11 is 0. The fourth-order valence-corrected chi connectivity index (χ4v) is 2.35. The van der Waals surface area contributed by atoms with Crippen LogP contribution in [0.2, 0.25) is 0 Å². The number of sulfone groups is 1. The molecule has 0 spiro atoms. The third-order valence-electron chi connectivity index (χ3n) is 2.19. The Balaban J connectivity index is 2.68. The molecule has 0 aliphatic heterocycles. The Morgan fingerprint density at radius 2 is 1.88 bits per heavy atom. The Kier molecular flexibility index (Phi) is 2.75. The van der Waals surface area contributed by atoms with Gasteiger partial charge in [-0.2, -0.15) is 0 Å². The molecule has 2 aromatic rings. The van der Waals surface area contributed by atoms with E-state index in [0.717, 1.165) is 5.56 Å². The molecular formula is C12H10NO2S. The largest absolute Gasteiger partial charge is 0.265 e. The summed E-state index contributed by atoms with van der Waals surface area (Å²) < 4.78 is 23.2. The van der Waals surface area contributed by atoms with Crippen molar-refractivity contribution in [3.05, 3.63) is 48.8 Å². The standard InChI is InChI=1S/C12H10NO2S/c1-16(14,15)12-5-3-2-4-11(12)10-6-8-13-9-7-10/h2-3,5-9H,1H3. The lowest BCUT2D eigenvalue weighted by Crippen LogP contribution is -1.99. The number of aromatic nitrogens is 1. The van der Waals surface area contributed by atoms with E-state index in [9.17, 15) is 8.42 Å². The molecule has 0 aliphatic rings. The molecule has 4 heteroatoms. The van der Waals surface area contributed by atoms with E-state index in [2.05, 4.69) is 11.1 Å². The molecular weight excluding hydrogens is 222 g/mol. The number of nitrogens with zero attached hydrogens (tertiary/aromatic N) is 1. The highest BCUT2D eigenvalue weighted by atomic mass is 32.2. The van der Waals surface area contributed by atoms with Crippen LogP contribution < -0.4 is 0 Å². The molecule has 16 heavy (non-hydrogen) atoms. The van der Waals surface area contributed by atoms with Crippen molar-refractivity contribution in [2.75, 3.05) is 6.26 Å². The lowest BCUT2D eigenvalue weighted by molar-refractivity contribution is 0.602. The molecule has 0 N–H and O–H groups in total. The van der Waals surface area contributed by atoms with Crippen molar-refractivity contribution in [1.29, 1.82) is 0 Å². The summed E-state index contributed by atoms with van der Waals surface area (Å²) in [5, 5.41) is 0. The molecule has 0 aliphatic carbocycles. The molecule has 2 rings (SSSR count). The van der Waals surface area contributed by atoms with E-state index < -0.39 is 9.84 Å². The molecule has 0 fully saturated rings. The SMILES string of the molecule is CS(=O)(=O)c1ccc[c]c1-c1ccncc1. The molecule has 0 amide bonds. The normalized spacial score (nSPS) is 11.3. The quantitative estimate of drug-likeness (QED) is 0.795. The van der Waals surface area contributed by atoms with Crippen LogP contribution in [-0.2, 0) is 9.84 Å². The van der Waals surface area contributed by atoms with E-state index in [4.69, 9.17) is 0 Å². The smallest absolute Gasteiger partial charge is 0.176 e. The first-order chi connectivity index (χ1) is 7.59. The van der Waals surface area contributed by atoms with E-state index in [1.54, 1.807) is 42.7 Å². The van der Waals surface area contributed by atoms with Gasteiger partial charge in [-0.3, -0.25) is 4.98 Å². The van der Waals surface area contributed by atoms with Gasteiger partial charge >= 0.3 is 0 Å². The third kappa shape index (κ3) is 2.12. The molecule has 3 nitrogen and oxygen atoms in total. The van der Waals surface area contributed by atoms with Crippen LogP contribution >= 0.6 is 0 Å². The number of hydrogen-bond donors (Lipinski definition) is 0. The molecule has 0 unspecified atom stereocenters. The maximum absolute atomic E-state index is 11.6. The summed E-state index contributed by atoms with van der Waals surface area (Å²) in [4.78, 5) is 4.19. The van der Waals surface area contributed by atoms with Crippen molar-refractivity contribution in [1.82, 2.24) is 4.98 Å². The predicted molar refractivity (Wildman–Crippen MR) is 61.6 cm³/mol. The van der Waals surface area contributed by atoms with Gasteiger partial charge in [0.1, 0.15) is 0 Å². The van der Waals surface area contributed by atoms with Crippen molar-refractivity contribution < 1.29 is 8.42 Å². The van der Waals surface area contributed by atoms with Crippen molar-refractivity contribution in [2.24, 2.45) is 0 Å². The molecule has 1 aromatic heterocycles. The molecule has 0 atom stereocenters. The van der Waals surface area contributed by atoms with Crippen LogP contribution in [0.1, 0.15) is 0 Å². The summed E-state index contributed by atoms with van der Waals surface area (Å²) in [5.74, 6) is 0.